The molecule has 0 aliphatic carbocycles. The zero-order chi connectivity index (χ0) is 22.0. The predicted octanol–water partition coefficient (Wildman–Crippen LogP) is 2.55. The average molecular weight is 426 g/mol. The third kappa shape index (κ3) is 6.28. The van der Waals surface area contributed by atoms with Gasteiger partial charge in [-0.05, 0) is 25.7 Å². The van der Waals surface area contributed by atoms with E-state index in [4.69, 9.17) is 9.47 Å². The largest absolute Gasteiger partial charge is 0.453 e. The van der Waals surface area contributed by atoms with Crippen LogP contribution >= 0.6 is 0 Å². The van der Waals surface area contributed by atoms with Gasteiger partial charge in [-0.15, -0.1) is 0 Å². The van der Waals surface area contributed by atoms with E-state index in [0.29, 0.717) is 18.6 Å². The van der Waals surface area contributed by atoms with E-state index in [1.165, 1.54) is 18.9 Å². The Morgan fingerprint density at radius 2 is 1.77 bits per heavy atom. The number of rotatable bonds is 15. The van der Waals surface area contributed by atoms with Gasteiger partial charge < -0.3 is 19.7 Å². The molecule has 0 unspecified atom stereocenters. The number of ketones is 1. The number of unbranched alkanes of at least 4 members (excludes halogenated alkanes) is 7. The Kier molecular flexibility index (Phi) is 9.78. The number of Topliss-reactive ketones (excluding diaryl/α,β-unsaturated/α-hetero) is 1. The molecule has 2 saturated heterocycles. The molecule has 3 N–H and O–H groups in total. The van der Waals surface area contributed by atoms with Crippen LogP contribution in [0.1, 0.15) is 77.6 Å². The molecule has 2 rings (SSSR count). The number of aliphatic hydroxyl groups is 2. The third-order valence-corrected chi connectivity index (χ3v) is 5.76. The van der Waals surface area contributed by atoms with Crippen LogP contribution in [-0.4, -0.2) is 58.5 Å². The van der Waals surface area contributed by atoms with Crippen LogP contribution in [0.25, 0.3) is 0 Å². The molecule has 0 aromatic carbocycles. The molecule has 2 heterocycles. The van der Waals surface area contributed by atoms with Crippen LogP contribution < -0.4 is 5.32 Å². The summed E-state index contributed by atoms with van der Waals surface area (Å²) in [4.78, 5) is 35.3. The maximum Gasteiger partial charge on any atom is 0.408 e. The number of cyclic esters (lactones) is 1. The fourth-order valence-corrected chi connectivity index (χ4v) is 3.90. The molecule has 8 nitrogen and oxygen atoms in total. The molecule has 2 fully saturated rings. The molecule has 8 heteroatoms. The summed E-state index contributed by atoms with van der Waals surface area (Å²) < 4.78 is 10.2. The average Bonchev–Trinajstić information content (AvgIpc) is 3.20. The maximum absolute atomic E-state index is 12.0. The molecule has 2 aliphatic heterocycles. The van der Waals surface area contributed by atoms with Gasteiger partial charge >= 0.3 is 12.1 Å². The molecule has 0 saturated carbocycles. The number of fused-ring (bicyclic) bond motifs is 1. The number of nitrogens with one attached hydrogen (secondary N) is 1. The molecule has 0 radical (unpaired) electrons. The van der Waals surface area contributed by atoms with Crippen molar-refractivity contribution < 1.29 is 34.1 Å². The van der Waals surface area contributed by atoms with Gasteiger partial charge in [0.1, 0.15) is 11.9 Å². The molecule has 0 aromatic heterocycles. The molecule has 0 bridgehead atoms. The summed E-state index contributed by atoms with van der Waals surface area (Å²) in [5.41, 5.74) is -1.63. The quantitative estimate of drug-likeness (QED) is 0.209. The van der Waals surface area contributed by atoms with Crippen LogP contribution in [0.4, 0.5) is 4.79 Å². The second-order valence-corrected chi connectivity index (χ2v) is 8.17. The van der Waals surface area contributed by atoms with E-state index in [-0.39, 0.29) is 0 Å². The van der Waals surface area contributed by atoms with Crippen LogP contribution in [0.15, 0.2) is 12.2 Å². The Morgan fingerprint density at radius 1 is 1.10 bits per heavy atom. The first kappa shape index (κ1) is 24.3. The van der Waals surface area contributed by atoms with Crippen molar-refractivity contribution >= 4 is 17.8 Å². The Morgan fingerprint density at radius 3 is 2.43 bits per heavy atom. The molecule has 4 atom stereocenters. The molecule has 2 aliphatic rings. The minimum atomic E-state index is -1.63. The van der Waals surface area contributed by atoms with Crippen LogP contribution in [0.2, 0.25) is 0 Å². The number of alkyl carbamates (subject to hydrolysis) is 1. The van der Waals surface area contributed by atoms with E-state index >= 15 is 0 Å². The van der Waals surface area contributed by atoms with Crippen molar-refractivity contribution in [1.82, 2.24) is 5.32 Å². The number of hydrogen-bond donors (Lipinski definition) is 3. The van der Waals surface area contributed by atoms with Crippen molar-refractivity contribution in [3.05, 3.63) is 12.2 Å². The Balaban J connectivity index is 1.60. The van der Waals surface area contributed by atoms with Gasteiger partial charge in [0.15, 0.2) is 12.2 Å². The summed E-state index contributed by atoms with van der Waals surface area (Å²) >= 11 is 0. The normalized spacial score (nSPS) is 26.4. The summed E-state index contributed by atoms with van der Waals surface area (Å²) in [6.07, 6.45) is 9.75. The van der Waals surface area contributed by atoms with Gasteiger partial charge in [-0.3, -0.25) is 10.1 Å². The highest BCUT2D eigenvalue weighted by Gasteiger charge is 2.66. The smallest absolute Gasteiger partial charge is 0.408 e. The molecule has 30 heavy (non-hydrogen) atoms. The minimum Gasteiger partial charge on any atom is -0.453 e. The first-order valence-electron chi connectivity index (χ1n) is 11.1. The zero-order valence-corrected chi connectivity index (χ0v) is 17.8. The second-order valence-electron chi connectivity index (χ2n) is 8.17. The molecule has 0 spiro atoms. The summed E-state index contributed by atoms with van der Waals surface area (Å²) in [6.45, 7) is 1.50. The summed E-state index contributed by atoms with van der Waals surface area (Å²) in [6, 6.07) is 0. The lowest BCUT2D eigenvalue weighted by molar-refractivity contribution is -0.149. The topological polar surface area (TPSA) is 122 Å². The standard InChI is InChI=1S/C22H35NO7/c1-2-3-4-9-12-16(25)13-10-7-5-6-8-11-14-17(26)18-19-22(15-24,20(27)29-18)23-21(28)30-19/h11,14,17-19,24,26H,2-10,12-13,15H2,1H3,(H,23,28)/b14-11+/t17-,18+,19-,22-/m0/s1. The number of allylic oxidation sites excluding steroid dienone is 1. The lowest BCUT2D eigenvalue weighted by Gasteiger charge is -2.21. The van der Waals surface area contributed by atoms with Crippen LogP contribution in [-0.2, 0) is 19.1 Å². The van der Waals surface area contributed by atoms with Gasteiger partial charge in [-0.2, -0.15) is 0 Å². The van der Waals surface area contributed by atoms with Crippen molar-refractivity contribution in [3.8, 4) is 0 Å². The van der Waals surface area contributed by atoms with Crippen molar-refractivity contribution in [2.24, 2.45) is 0 Å². The van der Waals surface area contributed by atoms with E-state index in [1.54, 1.807) is 6.08 Å². The number of esters is 1. The molecule has 1 amide bonds. The predicted molar refractivity (Wildman–Crippen MR) is 110 cm³/mol. The van der Waals surface area contributed by atoms with E-state index in [2.05, 4.69) is 12.2 Å². The van der Waals surface area contributed by atoms with Gasteiger partial charge in [0.25, 0.3) is 0 Å². The van der Waals surface area contributed by atoms with Gasteiger partial charge in [0.05, 0.1) is 6.61 Å². The Hall–Kier alpha value is -1.93. The maximum atomic E-state index is 12.0. The fraction of sp³-hybridized carbons (Fsp3) is 0.773. The fourth-order valence-electron chi connectivity index (χ4n) is 3.90. The number of carbonyl (C=O) groups excluding carboxylic acids is 3. The van der Waals surface area contributed by atoms with E-state index < -0.39 is 42.5 Å². The van der Waals surface area contributed by atoms with Crippen molar-refractivity contribution in [2.75, 3.05) is 6.61 Å². The monoisotopic (exact) mass is 425 g/mol. The first-order valence-corrected chi connectivity index (χ1v) is 11.1. The zero-order valence-electron chi connectivity index (χ0n) is 17.8. The highest BCUT2D eigenvalue weighted by atomic mass is 16.6. The number of amides is 1. The van der Waals surface area contributed by atoms with E-state index in [9.17, 15) is 24.6 Å². The Bertz CT molecular complexity index is 621. The first-order chi connectivity index (χ1) is 14.4. The van der Waals surface area contributed by atoms with E-state index in [0.717, 1.165) is 44.9 Å². The summed E-state index contributed by atoms with van der Waals surface area (Å²) in [5.74, 6) is -0.445. The van der Waals surface area contributed by atoms with Crippen molar-refractivity contribution in [3.63, 3.8) is 0 Å². The molecular weight excluding hydrogens is 390 g/mol. The highest BCUT2D eigenvalue weighted by Crippen LogP contribution is 2.35. The summed E-state index contributed by atoms with van der Waals surface area (Å²) in [5, 5.41) is 22.1. The van der Waals surface area contributed by atoms with Crippen LogP contribution in [0.5, 0.6) is 0 Å². The van der Waals surface area contributed by atoms with Crippen molar-refractivity contribution in [2.45, 2.75) is 101 Å². The highest BCUT2D eigenvalue weighted by molar-refractivity contribution is 5.92. The van der Waals surface area contributed by atoms with Gasteiger partial charge in [0, 0.05) is 12.8 Å². The van der Waals surface area contributed by atoms with Crippen LogP contribution in [0.3, 0.4) is 0 Å². The van der Waals surface area contributed by atoms with Gasteiger partial charge in [-0.25, -0.2) is 9.59 Å². The van der Waals surface area contributed by atoms with E-state index in [1.807, 2.05) is 0 Å². The van der Waals surface area contributed by atoms with Crippen LogP contribution in [0, 0.1) is 0 Å². The van der Waals surface area contributed by atoms with Gasteiger partial charge in [-0.1, -0.05) is 51.2 Å². The Labute approximate surface area is 178 Å². The summed E-state index contributed by atoms with van der Waals surface area (Å²) in [7, 11) is 0. The lowest BCUT2D eigenvalue weighted by Crippen LogP contribution is -2.55. The minimum absolute atomic E-state index is 0.362. The molecule has 170 valence electrons. The number of aliphatic hydroxyl groups excluding tert-OH is 2. The van der Waals surface area contributed by atoms with Gasteiger partial charge in [0.2, 0.25) is 5.54 Å². The number of hydrogen-bond acceptors (Lipinski definition) is 7. The van der Waals surface area contributed by atoms with Crippen molar-refractivity contribution in [1.29, 1.82) is 0 Å². The third-order valence-electron chi connectivity index (χ3n) is 5.76. The molecule has 0 aromatic rings. The number of carbonyl (C=O) groups is 3. The number of ether oxygens (including phenoxy) is 2. The molecular formula is C22H35NO7. The second kappa shape index (κ2) is 12.1. The SMILES string of the molecule is CCCCCCC(=O)CCCCCC/C=C/[C@H](O)[C@H]1OC(=O)[C@@]2(CO)NC(=O)O[C@@H]12. The lowest BCUT2D eigenvalue weighted by atomic mass is 9.91.